The van der Waals surface area contributed by atoms with Crippen molar-refractivity contribution in [3.05, 3.63) is 39.9 Å². The molecule has 2 amide bonds. The highest BCUT2D eigenvalue weighted by atomic mass is 19.1. The van der Waals surface area contributed by atoms with Crippen LogP contribution >= 0.6 is 0 Å². The van der Waals surface area contributed by atoms with Gasteiger partial charge in [0.25, 0.3) is 5.91 Å². The van der Waals surface area contributed by atoms with Gasteiger partial charge in [0.1, 0.15) is 5.75 Å². The van der Waals surface area contributed by atoms with E-state index in [9.17, 15) is 14.4 Å². The number of amides is 2. The van der Waals surface area contributed by atoms with Crippen molar-refractivity contribution in [2.75, 3.05) is 13.7 Å². The molecule has 1 aromatic heterocycles. The Bertz CT molecular complexity index is 1340. The molecule has 4 aliphatic rings. The predicted octanol–water partition coefficient (Wildman–Crippen LogP) is 4.07. The van der Waals surface area contributed by atoms with Crippen molar-refractivity contribution in [2.24, 2.45) is 23.2 Å². The van der Waals surface area contributed by atoms with Crippen molar-refractivity contribution >= 4 is 11.8 Å². The highest BCUT2D eigenvalue weighted by Gasteiger charge is 2.51. The number of H-pyrrole nitrogens is 1. The number of hydrogen-bond acceptors (Lipinski definition) is 7. The molecule has 0 aliphatic heterocycles. The van der Waals surface area contributed by atoms with Gasteiger partial charge in [-0.2, -0.15) is 0 Å². The summed E-state index contributed by atoms with van der Waals surface area (Å²) in [5.74, 6) is -0.637. The SMILES string of the molecule is COc1cc(F)c(OC2CCC(c3noc(=O)[nH]3)CC2)cc1C(=O)NC1C2CCC(C2)C1C(=O)NCC1(C)CCC1. The number of benzene rings is 1. The first kappa shape index (κ1) is 27.8. The Kier molecular flexibility index (Phi) is 7.54. The van der Waals surface area contributed by atoms with Crippen LogP contribution in [-0.2, 0) is 4.79 Å². The third-order valence-electron chi connectivity index (χ3n) is 10.1. The van der Waals surface area contributed by atoms with Crippen molar-refractivity contribution in [1.29, 1.82) is 0 Å². The molecule has 4 aliphatic carbocycles. The van der Waals surface area contributed by atoms with E-state index in [1.54, 1.807) is 0 Å². The molecule has 3 N–H and O–H groups in total. The van der Waals surface area contributed by atoms with Crippen LogP contribution in [0.15, 0.2) is 21.5 Å². The average Bonchev–Trinajstić information content (AvgIpc) is 3.68. The molecule has 11 heteroatoms. The average molecular weight is 571 g/mol. The number of ether oxygens (including phenoxy) is 2. The zero-order valence-electron chi connectivity index (χ0n) is 23.7. The number of aromatic nitrogens is 2. The predicted molar refractivity (Wildman–Crippen MR) is 146 cm³/mol. The van der Waals surface area contributed by atoms with E-state index in [-0.39, 0.29) is 64.2 Å². The number of nitrogens with zero attached hydrogens (tertiary/aromatic N) is 1. The maximum absolute atomic E-state index is 15.0. The molecule has 4 unspecified atom stereocenters. The van der Waals surface area contributed by atoms with Gasteiger partial charge in [0, 0.05) is 24.6 Å². The van der Waals surface area contributed by atoms with Gasteiger partial charge in [0.2, 0.25) is 5.91 Å². The second-order valence-corrected chi connectivity index (χ2v) is 12.8. The van der Waals surface area contributed by atoms with Crippen LogP contribution in [0.5, 0.6) is 11.5 Å². The highest BCUT2D eigenvalue weighted by molar-refractivity contribution is 5.98. The van der Waals surface area contributed by atoms with Crippen molar-refractivity contribution in [1.82, 2.24) is 20.8 Å². The molecule has 4 atom stereocenters. The summed E-state index contributed by atoms with van der Waals surface area (Å²) < 4.78 is 31.1. The summed E-state index contributed by atoms with van der Waals surface area (Å²) in [6.45, 7) is 2.88. The summed E-state index contributed by atoms with van der Waals surface area (Å²) in [7, 11) is 1.40. The van der Waals surface area contributed by atoms with Gasteiger partial charge in [-0.15, -0.1) is 0 Å². The summed E-state index contributed by atoms with van der Waals surface area (Å²) in [5, 5.41) is 10.1. The van der Waals surface area contributed by atoms with E-state index >= 15 is 4.39 Å². The lowest BCUT2D eigenvalue weighted by molar-refractivity contribution is -0.128. The molecule has 0 radical (unpaired) electrons. The van der Waals surface area contributed by atoms with Gasteiger partial charge < -0.3 is 20.1 Å². The van der Waals surface area contributed by atoms with Crippen LogP contribution in [0.3, 0.4) is 0 Å². The second kappa shape index (κ2) is 11.1. The molecular weight excluding hydrogens is 531 g/mol. The summed E-state index contributed by atoms with van der Waals surface area (Å²) >= 11 is 0. The van der Waals surface area contributed by atoms with Crippen LogP contribution in [0, 0.1) is 29.0 Å². The minimum Gasteiger partial charge on any atom is -0.496 e. The molecule has 4 saturated carbocycles. The van der Waals surface area contributed by atoms with Crippen molar-refractivity contribution in [3.8, 4) is 11.5 Å². The fraction of sp³-hybridized carbons (Fsp3) is 0.667. The first-order valence-corrected chi connectivity index (χ1v) is 14.9. The van der Waals surface area contributed by atoms with Crippen LogP contribution in [0.2, 0.25) is 0 Å². The number of nitrogens with one attached hydrogen (secondary N) is 3. The van der Waals surface area contributed by atoms with Crippen molar-refractivity contribution < 1.29 is 28.0 Å². The largest absolute Gasteiger partial charge is 0.496 e. The quantitative estimate of drug-likeness (QED) is 0.414. The van der Waals surface area contributed by atoms with Crippen molar-refractivity contribution in [3.63, 3.8) is 0 Å². The number of hydrogen-bond donors (Lipinski definition) is 3. The molecule has 222 valence electrons. The van der Waals surface area contributed by atoms with Crippen LogP contribution < -0.4 is 25.9 Å². The third kappa shape index (κ3) is 5.59. The van der Waals surface area contributed by atoms with Crippen molar-refractivity contribution in [2.45, 2.75) is 89.2 Å². The van der Waals surface area contributed by atoms with Crippen LogP contribution in [0.1, 0.15) is 93.2 Å². The molecule has 0 spiro atoms. The third-order valence-corrected chi connectivity index (χ3v) is 10.1. The molecular formula is C30H39FN4O6. The number of aromatic amines is 1. The molecule has 1 heterocycles. The normalized spacial score (nSPS) is 29.9. The lowest BCUT2D eigenvalue weighted by Crippen LogP contribution is -2.51. The number of carbonyl (C=O) groups excluding carboxylic acids is 2. The number of carbonyl (C=O) groups is 2. The van der Waals surface area contributed by atoms with E-state index in [1.807, 2.05) is 0 Å². The summed E-state index contributed by atoms with van der Waals surface area (Å²) in [6, 6.07) is 2.32. The topological polar surface area (TPSA) is 136 Å². The smallest absolute Gasteiger partial charge is 0.438 e. The Balaban J connectivity index is 1.13. The monoisotopic (exact) mass is 570 g/mol. The lowest BCUT2D eigenvalue weighted by Gasteiger charge is -2.39. The van der Waals surface area contributed by atoms with Gasteiger partial charge >= 0.3 is 5.76 Å². The van der Waals surface area contributed by atoms with E-state index < -0.39 is 17.5 Å². The van der Waals surface area contributed by atoms with E-state index in [0.29, 0.717) is 38.1 Å². The number of halogens is 1. The molecule has 6 rings (SSSR count). The van der Waals surface area contributed by atoms with Crippen LogP contribution in [0.25, 0.3) is 0 Å². The van der Waals surface area contributed by atoms with Gasteiger partial charge in [-0.1, -0.05) is 18.5 Å². The summed E-state index contributed by atoms with van der Waals surface area (Å²) in [5.41, 5.74) is 0.361. The molecule has 4 fully saturated rings. The standard InChI is InChI=1S/C30H39FN4O6/c1-30(10-3-11-30)15-32-28(37)24-17-4-5-18(12-17)25(24)33-27(36)20-13-23(21(31)14-22(20)39-2)40-19-8-6-16(7-9-19)26-34-29(38)41-35-26/h13-14,16-19,24-25H,3-12,15H2,1-2H3,(H,32,37)(H,33,36)(H,34,35,38). The number of methoxy groups -OCH3 is 1. The first-order chi connectivity index (χ1) is 19.7. The van der Waals surface area contributed by atoms with Gasteiger partial charge in [0.05, 0.1) is 24.7 Å². The zero-order chi connectivity index (χ0) is 28.7. The molecule has 2 bridgehead atoms. The van der Waals surface area contributed by atoms with Gasteiger partial charge in [-0.3, -0.25) is 19.1 Å². The Morgan fingerprint density at radius 3 is 2.54 bits per heavy atom. The number of fused-ring (bicyclic) bond motifs is 2. The van der Waals surface area contributed by atoms with Gasteiger partial charge in [-0.25, -0.2) is 9.18 Å². The summed E-state index contributed by atoms with van der Waals surface area (Å²) in [4.78, 5) is 40.8. The highest BCUT2D eigenvalue weighted by Crippen LogP contribution is 2.49. The fourth-order valence-corrected chi connectivity index (χ4v) is 7.50. The van der Waals surface area contributed by atoms with Crippen LogP contribution in [0.4, 0.5) is 4.39 Å². The Morgan fingerprint density at radius 2 is 1.88 bits per heavy atom. The maximum Gasteiger partial charge on any atom is 0.438 e. The van der Waals surface area contributed by atoms with E-state index in [1.165, 1.54) is 25.7 Å². The molecule has 2 aromatic rings. The minimum atomic E-state index is -0.608. The summed E-state index contributed by atoms with van der Waals surface area (Å²) in [6.07, 6.45) is 8.79. The second-order valence-electron chi connectivity index (χ2n) is 12.8. The van der Waals surface area contributed by atoms with Crippen LogP contribution in [-0.4, -0.2) is 47.8 Å². The lowest BCUT2D eigenvalue weighted by atomic mass is 9.70. The first-order valence-electron chi connectivity index (χ1n) is 14.9. The fourth-order valence-electron chi connectivity index (χ4n) is 7.50. The van der Waals surface area contributed by atoms with E-state index in [2.05, 4.69) is 32.2 Å². The van der Waals surface area contributed by atoms with E-state index in [0.717, 1.165) is 32.1 Å². The van der Waals surface area contributed by atoms with Gasteiger partial charge in [-0.05, 0) is 81.1 Å². The Hall–Kier alpha value is -3.37. The van der Waals surface area contributed by atoms with E-state index in [4.69, 9.17) is 9.47 Å². The Morgan fingerprint density at radius 1 is 1.12 bits per heavy atom. The maximum atomic E-state index is 15.0. The molecule has 1 aromatic carbocycles. The minimum absolute atomic E-state index is 0.00905. The molecule has 41 heavy (non-hydrogen) atoms. The Labute approximate surface area is 238 Å². The molecule has 10 nitrogen and oxygen atoms in total. The number of rotatable bonds is 9. The van der Waals surface area contributed by atoms with Gasteiger partial charge in [0.15, 0.2) is 17.4 Å². The zero-order valence-corrected chi connectivity index (χ0v) is 23.7. The molecule has 0 saturated heterocycles.